The van der Waals surface area contributed by atoms with Gasteiger partial charge in [-0.1, -0.05) is 188 Å². The number of hydrogen-bond acceptors (Lipinski definition) is 2. The molecule has 9 rings (SSSR count). The molecule has 0 N–H and O–H groups in total. The second-order valence-corrected chi connectivity index (χ2v) is 18.9. The van der Waals surface area contributed by atoms with Gasteiger partial charge in [-0.2, -0.15) is 0 Å². The van der Waals surface area contributed by atoms with Crippen LogP contribution in [0.2, 0.25) is 0 Å². The van der Waals surface area contributed by atoms with Crippen molar-refractivity contribution in [3.8, 4) is 22.3 Å². The second-order valence-electron chi connectivity index (χ2n) is 15.1. The van der Waals surface area contributed by atoms with Gasteiger partial charge in [-0.15, -0.1) is 0 Å². The average molecular weight is 775 g/mol. The van der Waals surface area contributed by atoms with Crippen LogP contribution in [0.1, 0.15) is 5.56 Å². The molecule has 0 bridgehead atoms. The van der Waals surface area contributed by atoms with Crippen LogP contribution in [0, 0.1) is 6.92 Å². The van der Waals surface area contributed by atoms with Crippen molar-refractivity contribution in [2.75, 3.05) is 16.8 Å². The van der Waals surface area contributed by atoms with E-state index in [1.54, 1.807) is 0 Å². The summed E-state index contributed by atoms with van der Waals surface area (Å²) in [5, 5.41) is 5.37. The molecule has 284 valence electrons. The molecule has 0 saturated heterocycles. The first kappa shape index (κ1) is 37.4. The molecule has 0 fully saturated rings. The summed E-state index contributed by atoms with van der Waals surface area (Å²) in [7, 11) is -0.635. The highest BCUT2D eigenvalue weighted by molar-refractivity contribution is 7.19. The van der Waals surface area contributed by atoms with E-state index in [0.29, 0.717) is 0 Å². The fraction of sp³-hybridized carbons (Fsp3) is 0.0357. The number of benzene rings is 9. The van der Waals surface area contributed by atoms with Gasteiger partial charge in [0, 0.05) is 35.5 Å². The van der Waals surface area contributed by atoms with Gasteiger partial charge in [0.15, 0.2) is 8.07 Å². The predicted octanol–water partition coefficient (Wildman–Crippen LogP) is 11.9. The summed E-state index contributed by atoms with van der Waals surface area (Å²) in [5.74, 6) is 0. The minimum absolute atomic E-state index is 1.12. The van der Waals surface area contributed by atoms with E-state index >= 15 is 0 Å². The normalized spacial score (nSPS) is 11.2. The maximum Gasteiger partial charge on any atom is 0.179 e. The Morgan fingerprint density at radius 2 is 0.542 bits per heavy atom. The maximum atomic E-state index is 2.38. The standard InChI is InChI=1S/C56H46N2Si/c1-43-23-29-50(30-24-43)58(51-33-27-47(28-34-51)45-17-9-4-10-18-45)52-37-41-56(42-38-52)59(53-19-11-5-12-20-53,54-21-13-6-14-22-54)55-39-35-49(36-40-55)57(2)48-31-25-46(26-32-48)44-15-7-3-8-16-44/h3-42H,1-2H3. The van der Waals surface area contributed by atoms with E-state index in [0.717, 1.165) is 28.4 Å². The smallest absolute Gasteiger partial charge is 0.179 e. The minimum Gasteiger partial charge on any atom is -0.345 e. The quantitative estimate of drug-likeness (QED) is 0.0954. The highest BCUT2D eigenvalue weighted by Gasteiger charge is 2.41. The molecule has 0 atom stereocenters. The molecule has 0 amide bonds. The lowest BCUT2D eigenvalue weighted by atomic mass is 10.0. The van der Waals surface area contributed by atoms with E-state index < -0.39 is 8.07 Å². The van der Waals surface area contributed by atoms with Crippen molar-refractivity contribution >= 4 is 57.3 Å². The summed E-state index contributed by atoms with van der Waals surface area (Å²) < 4.78 is 0. The van der Waals surface area contributed by atoms with E-state index in [4.69, 9.17) is 0 Å². The van der Waals surface area contributed by atoms with E-state index in [1.165, 1.54) is 48.6 Å². The molecule has 59 heavy (non-hydrogen) atoms. The third-order valence-corrected chi connectivity index (χ3v) is 16.3. The van der Waals surface area contributed by atoms with E-state index in [-0.39, 0.29) is 0 Å². The Balaban J connectivity index is 1.12. The third kappa shape index (κ3) is 7.52. The Morgan fingerprint density at radius 1 is 0.271 bits per heavy atom. The Hall–Kier alpha value is -7.20. The Morgan fingerprint density at radius 3 is 0.932 bits per heavy atom. The van der Waals surface area contributed by atoms with Gasteiger partial charge in [-0.25, -0.2) is 0 Å². The first-order chi connectivity index (χ1) is 29.1. The lowest BCUT2D eigenvalue weighted by molar-refractivity contribution is 1.21. The zero-order chi connectivity index (χ0) is 40.0. The van der Waals surface area contributed by atoms with Crippen molar-refractivity contribution in [3.05, 3.63) is 248 Å². The summed E-state index contributed by atoms with van der Waals surface area (Å²) in [6.07, 6.45) is 0. The fourth-order valence-electron chi connectivity index (χ4n) is 8.40. The van der Waals surface area contributed by atoms with Crippen molar-refractivity contribution in [2.24, 2.45) is 0 Å². The second kappa shape index (κ2) is 16.7. The lowest BCUT2D eigenvalue weighted by Crippen LogP contribution is -2.74. The van der Waals surface area contributed by atoms with Crippen LogP contribution in [0.3, 0.4) is 0 Å². The molecule has 0 heterocycles. The Kier molecular flexibility index (Phi) is 10.6. The Labute approximate surface area is 350 Å². The zero-order valence-corrected chi connectivity index (χ0v) is 34.5. The highest BCUT2D eigenvalue weighted by atomic mass is 28.3. The molecule has 9 aromatic carbocycles. The topological polar surface area (TPSA) is 6.48 Å². The molecule has 0 saturated carbocycles. The van der Waals surface area contributed by atoms with Gasteiger partial charge < -0.3 is 9.80 Å². The number of hydrogen-bond donors (Lipinski definition) is 0. The fourth-order valence-corrected chi connectivity index (χ4v) is 13.1. The SMILES string of the molecule is Cc1ccc(N(c2ccc(-c3ccccc3)cc2)c2ccc([Si](c3ccccc3)(c3ccccc3)c3ccc(N(C)c4ccc(-c5ccccc5)cc4)cc3)cc2)cc1. The summed E-state index contributed by atoms with van der Waals surface area (Å²) >= 11 is 0. The van der Waals surface area contributed by atoms with Crippen LogP contribution in [0.4, 0.5) is 28.4 Å². The predicted molar refractivity (Wildman–Crippen MR) is 255 cm³/mol. The summed E-state index contributed by atoms with van der Waals surface area (Å²) in [6, 6.07) is 88.8. The number of rotatable bonds is 11. The van der Waals surface area contributed by atoms with Gasteiger partial charge in [-0.3, -0.25) is 0 Å². The summed E-state index contributed by atoms with van der Waals surface area (Å²) in [5.41, 5.74) is 11.7. The van der Waals surface area contributed by atoms with Gasteiger partial charge in [0.05, 0.1) is 0 Å². The summed E-state index contributed by atoms with van der Waals surface area (Å²) in [6.45, 7) is 2.14. The van der Waals surface area contributed by atoms with Crippen molar-refractivity contribution < 1.29 is 0 Å². The molecule has 0 radical (unpaired) electrons. The van der Waals surface area contributed by atoms with Crippen LogP contribution < -0.4 is 30.5 Å². The average Bonchev–Trinajstić information content (AvgIpc) is 3.32. The largest absolute Gasteiger partial charge is 0.345 e. The van der Waals surface area contributed by atoms with E-state index in [9.17, 15) is 0 Å². The van der Waals surface area contributed by atoms with Crippen LogP contribution in [0.15, 0.2) is 243 Å². The molecule has 9 aromatic rings. The third-order valence-electron chi connectivity index (χ3n) is 11.5. The number of aryl methyl sites for hydroxylation is 1. The monoisotopic (exact) mass is 774 g/mol. The molecule has 0 aliphatic carbocycles. The minimum atomic E-state index is -2.79. The van der Waals surface area contributed by atoms with Crippen molar-refractivity contribution in [2.45, 2.75) is 6.92 Å². The molecular weight excluding hydrogens is 729 g/mol. The van der Waals surface area contributed by atoms with E-state index in [2.05, 4.69) is 266 Å². The molecule has 0 aliphatic rings. The molecule has 3 heteroatoms. The van der Waals surface area contributed by atoms with Gasteiger partial charge >= 0.3 is 0 Å². The van der Waals surface area contributed by atoms with Gasteiger partial charge in [0.1, 0.15) is 0 Å². The molecular formula is C56H46N2Si. The molecule has 0 aliphatic heterocycles. The van der Waals surface area contributed by atoms with Crippen LogP contribution >= 0.6 is 0 Å². The molecule has 0 aromatic heterocycles. The lowest BCUT2D eigenvalue weighted by Gasteiger charge is -2.35. The van der Waals surface area contributed by atoms with Crippen molar-refractivity contribution in [1.29, 1.82) is 0 Å². The van der Waals surface area contributed by atoms with Crippen molar-refractivity contribution in [1.82, 2.24) is 0 Å². The van der Waals surface area contributed by atoms with Crippen LogP contribution in [0.5, 0.6) is 0 Å². The summed E-state index contributed by atoms with van der Waals surface area (Å²) in [4.78, 5) is 4.64. The highest BCUT2D eigenvalue weighted by Crippen LogP contribution is 2.36. The maximum absolute atomic E-state index is 2.79. The van der Waals surface area contributed by atoms with Crippen LogP contribution in [-0.4, -0.2) is 15.1 Å². The first-order valence-electron chi connectivity index (χ1n) is 20.3. The van der Waals surface area contributed by atoms with Crippen molar-refractivity contribution in [3.63, 3.8) is 0 Å². The Bertz CT molecular complexity index is 2680. The van der Waals surface area contributed by atoms with Crippen LogP contribution in [-0.2, 0) is 0 Å². The van der Waals surface area contributed by atoms with Gasteiger partial charge in [-0.05, 0) is 111 Å². The van der Waals surface area contributed by atoms with Crippen LogP contribution in [0.25, 0.3) is 22.3 Å². The zero-order valence-electron chi connectivity index (χ0n) is 33.5. The first-order valence-corrected chi connectivity index (χ1v) is 22.3. The van der Waals surface area contributed by atoms with Gasteiger partial charge in [0.25, 0.3) is 0 Å². The molecule has 0 spiro atoms. The molecule has 2 nitrogen and oxygen atoms in total. The number of nitrogens with zero attached hydrogens (tertiary/aromatic N) is 2. The number of anilines is 5. The molecule has 0 unspecified atom stereocenters. The van der Waals surface area contributed by atoms with E-state index in [1.807, 2.05) is 0 Å². The van der Waals surface area contributed by atoms with Gasteiger partial charge in [0.2, 0.25) is 0 Å².